The highest BCUT2D eigenvalue weighted by Gasteiger charge is 2.34. The van der Waals surface area contributed by atoms with Crippen LogP contribution in [0, 0.1) is 0 Å². The van der Waals surface area contributed by atoms with Crippen LogP contribution in [0.5, 0.6) is 0 Å². The van der Waals surface area contributed by atoms with Gasteiger partial charge < -0.3 is 16.0 Å². The van der Waals surface area contributed by atoms with E-state index in [2.05, 4.69) is 16.0 Å². The highest BCUT2D eigenvalue weighted by molar-refractivity contribution is 7.80. The van der Waals surface area contributed by atoms with Gasteiger partial charge >= 0.3 is 0 Å². The fourth-order valence-electron chi connectivity index (χ4n) is 2.28. The standard InChI is InChI=1S/C19H18Cl3N3O2S/c1-12(26)14-7-9-15(10-8-14)23-18(28)25-17(19(20,21)22)24-16(27)11-13-5-3-2-4-6-13/h2-10,17H,11H2,1H3,(H,24,27)(H2,23,25,28). The maximum absolute atomic E-state index is 12.3. The monoisotopic (exact) mass is 457 g/mol. The topological polar surface area (TPSA) is 70.2 Å². The van der Waals surface area contributed by atoms with Gasteiger partial charge in [0, 0.05) is 11.3 Å². The van der Waals surface area contributed by atoms with Crippen molar-refractivity contribution in [2.24, 2.45) is 0 Å². The molecule has 0 saturated heterocycles. The number of hydrogen-bond acceptors (Lipinski definition) is 3. The van der Waals surface area contributed by atoms with Crippen molar-refractivity contribution in [2.75, 3.05) is 5.32 Å². The van der Waals surface area contributed by atoms with E-state index in [-0.39, 0.29) is 23.2 Å². The van der Waals surface area contributed by atoms with E-state index in [1.165, 1.54) is 6.92 Å². The predicted molar refractivity (Wildman–Crippen MR) is 118 cm³/mol. The molecule has 0 radical (unpaired) electrons. The number of benzene rings is 2. The Bertz CT molecular complexity index is 840. The minimum Gasteiger partial charge on any atom is -0.339 e. The lowest BCUT2D eigenvalue weighted by Crippen LogP contribution is -2.56. The molecule has 0 spiro atoms. The van der Waals surface area contributed by atoms with E-state index in [0.717, 1.165) is 5.56 Å². The summed E-state index contributed by atoms with van der Waals surface area (Å²) in [6, 6.07) is 15.9. The highest BCUT2D eigenvalue weighted by Crippen LogP contribution is 2.29. The number of rotatable bonds is 6. The first-order valence-corrected chi connectivity index (χ1v) is 9.78. The number of thiocarbonyl (C=S) groups is 1. The number of halogens is 3. The van der Waals surface area contributed by atoms with Crippen LogP contribution in [0.3, 0.4) is 0 Å². The van der Waals surface area contributed by atoms with E-state index in [1.54, 1.807) is 24.3 Å². The zero-order valence-electron chi connectivity index (χ0n) is 14.8. The molecule has 2 rings (SSSR count). The zero-order valence-corrected chi connectivity index (χ0v) is 17.9. The molecular weight excluding hydrogens is 441 g/mol. The molecule has 1 amide bonds. The van der Waals surface area contributed by atoms with E-state index in [1.807, 2.05) is 30.3 Å². The van der Waals surface area contributed by atoms with Crippen LogP contribution in [0.15, 0.2) is 54.6 Å². The number of anilines is 1. The zero-order chi connectivity index (χ0) is 20.7. The molecule has 28 heavy (non-hydrogen) atoms. The fraction of sp³-hybridized carbons (Fsp3) is 0.211. The third kappa shape index (κ3) is 7.28. The molecule has 0 aliphatic heterocycles. The summed E-state index contributed by atoms with van der Waals surface area (Å²) in [5.41, 5.74) is 2.05. The molecule has 1 atom stereocenters. The van der Waals surface area contributed by atoms with Crippen LogP contribution in [0.4, 0.5) is 5.69 Å². The molecule has 0 fully saturated rings. The van der Waals surface area contributed by atoms with Crippen LogP contribution in [-0.4, -0.2) is 26.8 Å². The Labute approximate surface area is 183 Å². The van der Waals surface area contributed by atoms with Gasteiger partial charge in [0.1, 0.15) is 6.17 Å². The lowest BCUT2D eigenvalue weighted by molar-refractivity contribution is -0.121. The number of amides is 1. The number of hydrogen-bond donors (Lipinski definition) is 3. The van der Waals surface area contributed by atoms with Crippen LogP contribution in [0.2, 0.25) is 0 Å². The molecule has 2 aromatic rings. The van der Waals surface area contributed by atoms with Crippen molar-refractivity contribution in [1.82, 2.24) is 10.6 Å². The van der Waals surface area contributed by atoms with E-state index >= 15 is 0 Å². The summed E-state index contributed by atoms with van der Waals surface area (Å²) in [5, 5.41) is 8.47. The molecule has 0 saturated carbocycles. The molecule has 5 nitrogen and oxygen atoms in total. The van der Waals surface area contributed by atoms with Crippen LogP contribution in [-0.2, 0) is 11.2 Å². The van der Waals surface area contributed by atoms with Crippen LogP contribution < -0.4 is 16.0 Å². The van der Waals surface area contributed by atoms with E-state index < -0.39 is 9.96 Å². The Morgan fingerprint density at radius 1 is 1.00 bits per heavy atom. The second-order valence-electron chi connectivity index (χ2n) is 5.94. The molecule has 0 bridgehead atoms. The predicted octanol–water partition coefficient (Wildman–Crippen LogP) is 4.23. The van der Waals surface area contributed by atoms with Gasteiger partial charge in [-0.3, -0.25) is 9.59 Å². The van der Waals surface area contributed by atoms with Crippen LogP contribution in [0.1, 0.15) is 22.8 Å². The number of Topliss-reactive ketones (excluding diaryl/α,β-unsaturated/α-hetero) is 1. The summed E-state index contributed by atoms with van der Waals surface area (Å²) in [5.74, 6) is -0.367. The highest BCUT2D eigenvalue weighted by atomic mass is 35.6. The van der Waals surface area contributed by atoms with Crippen LogP contribution >= 0.6 is 47.0 Å². The molecule has 1 unspecified atom stereocenters. The van der Waals surface area contributed by atoms with Crippen molar-refractivity contribution in [3.8, 4) is 0 Å². The minimum absolute atomic E-state index is 0.0374. The number of ketones is 1. The summed E-state index contributed by atoms with van der Waals surface area (Å²) in [6.07, 6.45) is -0.919. The van der Waals surface area contributed by atoms with Crippen molar-refractivity contribution in [1.29, 1.82) is 0 Å². The maximum Gasteiger partial charge on any atom is 0.228 e. The largest absolute Gasteiger partial charge is 0.339 e. The van der Waals surface area contributed by atoms with Crippen molar-refractivity contribution in [3.63, 3.8) is 0 Å². The molecule has 2 aromatic carbocycles. The molecule has 0 aliphatic rings. The van der Waals surface area contributed by atoms with Crippen molar-refractivity contribution in [2.45, 2.75) is 23.3 Å². The Morgan fingerprint density at radius 2 is 1.61 bits per heavy atom. The number of alkyl halides is 3. The van der Waals surface area contributed by atoms with E-state index in [4.69, 9.17) is 47.0 Å². The lowest BCUT2D eigenvalue weighted by atomic mass is 10.1. The minimum atomic E-state index is -1.84. The first-order valence-electron chi connectivity index (χ1n) is 8.23. The Balaban J connectivity index is 1.98. The van der Waals surface area contributed by atoms with E-state index in [0.29, 0.717) is 11.3 Å². The fourth-order valence-corrected chi connectivity index (χ4v) is 2.84. The third-order valence-electron chi connectivity index (χ3n) is 3.66. The number of carbonyl (C=O) groups is 2. The number of carbonyl (C=O) groups excluding carboxylic acids is 2. The maximum atomic E-state index is 12.3. The van der Waals surface area contributed by atoms with Gasteiger partial charge in [-0.15, -0.1) is 0 Å². The Kier molecular flexibility index (Phi) is 8.07. The average Bonchev–Trinajstić information content (AvgIpc) is 2.61. The first-order chi connectivity index (χ1) is 13.1. The molecule has 148 valence electrons. The summed E-state index contributed by atoms with van der Waals surface area (Å²) in [6.45, 7) is 1.48. The van der Waals surface area contributed by atoms with Crippen molar-refractivity contribution < 1.29 is 9.59 Å². The average molecular weight is 459 g/mol. The Morgan fingerprint density at radius 3 is 2.14 bits per heavy atom. The second kappa shape index (κ2) is 10.1. The summed E-state index contributed by atoms with van der Waals surface area (Å²) >= 11 is 23.2. The smallest absolute Gasteiger partial charge is 0.228 e. The van der Waals surface area contributed by atoms with Gasteiger partial charge in [-0.25, -0.2) is 0 Å². The Hall–Kier alpha value is -1.86. The van der Waals surface area contributed by atoms with Gasteiger partial charge in [-0.1, -0.05) is 65.1 Å². The molecular formula is C19H18Cl3N3O2S. The molecule has 0 heterocycles. The quantitative estimate of drug-likeness (QED) is 0.261. The third-order valence-corrected chi connectivity index (χ3v) is 4.54. The van der Waals surface area contributed by atoms with Gasteiger partial charge in [-0.2, -0.15) is 0 Å². The molecule has 0 aromatic heterocycles. The van der Waals surface area contributed by atoms with Gasteiger partial charge in [-0.05, 0) is 49.0 Å². The molecule has 9 heteroatoms. The summed E-state index contributed by atoms with van der Waals surface area (Å²) in [4.78, 5) is 23.6. The summed E-state index contributed by atoms with van der Waals surface area (Å²) in [7, 11) is 0. The van der Waals surface area contributed by atoms with Gasteiger partial charge in [0.25, 0.3) is 0 Å². The molecule has 3 N–H and O–H groups in total. The number of nitrogens with one attached hydrogen (secondary N) is 3. The van der Waals surface area contributed by atoms with Crippen molar-refractivity contribution >= 4 is 69.5 Å². The second-order valence-corrected chi connectivity index (χ2v) is 8.71. The lowest BCUT2D eigenvalue weighted by Gasteiger charge is -2.27. The van der Waals surface area contributed by atoms with Gasteiger partial charge in [0.05, 0.1) is 6.42 Å². The van der Waals surface area contributed by atoms with E-state index in [9.17, 15) is 9.59 Å². The van der Waals surface area contributed by atoms with Gasteiger partial charge in [0.15, 0.2) is 10.9 Å². The van der Waals surface area contributed by atoms with Crippen LogP contribution in [0.25, 0.3) is 0 Å². The molecule has 0 aliphatic carbocycles. The van der Waals surface area contributed by atoms with Crippen molar-refractivity contribution in [3.05, 3.63) is 65.7 Å². The normalized spacial score (nSPS) is 12.0. The SMILES string of the molecule is CC(=O)c1ccc(NC(=S)NC(NC(=O)Cc2ccccc2)C(Cl)(Cl)Cl)cc1. The first kappa shape index (κ1) is 22.4. The summed E-state index contributed by atoms with van der Waals surface area (Å²) < 4.78 is -1.84. The van der Waals surface area contributed by atoms with Gasteiger partial charge in [0.2, 0.25) is 9.70 Å².